The Morgan fingerprint density at radius 3 is 3.12 bits per heavy atom. The SMILES string of the molecule is CCOCCCc1nc2ccc(Br)cc2[nH]1. The number of hydrogen-bond acceptors (Lipinski definition) is 2. The van der Waals surface area contributed by atoms with E-state index < -0.39 is 0 Å². The van der Waals surface area contributed by atoms with Crippen LogP contribution in [0, 0.1) is 0 Å². The maximum Gasteiger partial charge on any atom is 0.107 e. The monoisotopic (exact) mass is 282 g/mol. The van der Waals surface area contributed by atoms with Gasteiger partial charge in [-0.3, -0.25) is 0 Å². The summed E-state index contributed by atoms with van der Waals surface area (Å²) in [5, 5.41) is 0. The maximum atomic E-state index is 5.30. The van der Waals surface area contributed by atoms with Crippen molar-refractivity contribution in [3.63, 3.8) is 0 Å². The standard InChI is InChI=1S/C12H15BrN2O/c1-2-16-7-3-4-12-14-10-6-5-9(13)8-11(10)15-12/h5-6,8H,2-4,7H2,1H3,(H,14,15). The van der Waals surface area contributed by atoms with Gasteiger partial charge in [-0.25, -0.2) is 4.98 Å². The van der Waals surface area contributed by atoms with Gasteiger partial charge in [-0.05, 0) is 31.5 Å². The van der Waals surface area contributed by atoms with Gasteiger partial charge < -0.3 is 9.72 Å². The molecular formula is C12H15BrN2O. The lowest BCUT2D eigenvalue weighted by atomic mass is 10.3. The molecule has 16 heavy (non-hydrogen) atoms. The van der Waals surface area contributed by atoms with Gasteiger partial charge in [-0.2, -0.15) is 0 Å². The van der Waals surface area contributed by atoms with Gasteiger partial charge in [0.15, 0.2) is 0 Å². The second kappa shape index (κ2) is 5.46. The smallest absolute Gasteiger partial charge is 0.107 e. The summed E-state index contributed by atoms with van der Waals surface area (Å²) in [7, 11) is 0. The average Bonchev–Trinajstić information content (AvgIpc) is 2.66. The average molecular weight is 283 g/mol. The Morgan fingerprint density at radius 1 is 1.44 bits per heavy atom. The predicted molar refractivity (Wildman–Crippen MR) is 68.6 cm³/mol. The van der Waals surface area contributed by atoms with E-state index in [9.17, 15) is 0 Å². The molecule has 0 spiro atoms. The van der Waals surface area contributed by atoms with E-state index in [0.29, 0.717) is 0 Å². The van der Waals surface area contributed by atoms with Crippen molar-refractivity contribution in [1.29, 1.82) is 0 Å². The van der Waals surface area contributed by atoms with Crippen LogP contribution in [0.1, 0.15) is 19.2 Å². The molecular weight excluding hydrogens is 268 g/mol. The predicted octanol–water partition coefficient (Wildman–Crippen LogP) is 3.29. The molecule has 0 unspecified atom stereocenters. The number of imidazole rings is 1. The Hall–Kier alpha value is -0.870. The van der Waals surface area contributed by atoms with E-state index in [1.165, 1.54) is 0 Å². The zero-order chi connectivity index (χ0) is 11.4. The number of nitrogens with one attached hydrogen (secondary N) is 1. The Kier molecular flexibility index (Phi) is 3.96. The van der Waals surface area contributed by atoms with E-state index in [-0.39, 0.29) is 0 Å². The lowest BCUT2D eigenvalue weighted by Gasteiger charge is -1.98. The van der Waals surface area contributed by atoms with E-state index in [1.807, 2.05) is 25.1 Å². The van der Waals surface area contributed by atoms with Gasteiger partial charge in [0, 0.05) is 24.1 Å². The quantitative estimate of drug-likeness (QED) is 0.855. The molecule has 0 fully saturated rings. The summed E-state index contributed by atoms with van der Waals surface area (Å²) in [5.74, 6) is 1.04. The van der Waals surface area contributed by atoms with Crippen molar-refractivity contribution < 1.29 is 4.74 Å². The third kappa shape index (κ3) is 2.83. The lowest BCUT2D eigenvalue weighted by Crippen LogP contribution is -1.96. The van der Waals surface area contributed by atoms with Crippen molar-refractivity contribution in [3.8, 4) is 0 Å². The van der Waals surface area contributed by atoms with E-state index in [4.69, 9.17) is 4.74 Å². The molecule has 2 rings (SSSR count). The van der Waals surface area contributed by atoms with Crippen molar-refractivity contribution in [2.75, 3.05) is 13.2 Å². The summed E-state index contributed by atoms with van der Waals surface area (Å²) in [5.41, 5.74) is 2.11. The number of ether oxygens (including phenoxy) is 1. The molecule has 3 nitrogen and oxygen atoms in total. The van der Waals surface area contributed by atoms with E-state index >= 15 is 0 Å². The number of benzene rings is 1. The molecule has 1 aromatic carbocycles. The summed E-state index contributed by atoms with van der Waals surface area (Å²) in [6.07, 6.45) is 1.95. The van der Waals surface area contributed by atoms with Crippen LogP contribution < -0.4 is 0 Å². The highest BCUT2D eigenvalue weighted by Gasteiger charge is 2.02. The van der Waals surface area contributed by atoms with Crippen molar-refractivity contribution >= 4 is 27.0 Å². The third-order valence-corrected chi connectivity index (χ3v) is 2.89. The van der Waals surface area contributed by atoms with Gasteiger partial charge in [-0.15, -0.1) is 0 Å². The molecule has 0 aliphatic rings. The summed E-state index contributed by atoms with van der Waals surface area (Å²) >= 11 is 3.45. The van der Waals surface area contributed by atoms with Crippen LogP contribution in [0.25, 0.3) is 11.0 Å². The topological polar surface area (TPSA) is 37.9 Å². The minimum Gasteiger partial charge on any atom is -0.382 e. The zero-order valence-electron chi connectivity index (χ0n) is 9.29. The van der Waals surface area contributed by atoms with Crippen LogP contribution in [-0.2, 0) is 11.2 Å². The highest BCUT2D eigenvalue weighted by molar-refractivity contribution is 9.10. The van der Waals surface area contributed by atoms with Gasteiger partial charge >= 0.3 is 0 Å². The molecule has 0 saturated carbocycles. The first kappa shape index (κ1) is 11.6. The van der Waals surface area contributed by atoms with Gasteiger partial charge in [0.05, 0.1) is 11.0 Å². The molecule has 0 amide bonds. The molecule has 0 aliphatic heterocycles. The van der Waals surface area contributed by atoms with Crippen LogP contribution in [0.2, 0.25) is 0 Å². The van der Waals surface area contributed by atoms with E-state index in [0.717, 1.165) is 47.4 Å². The van der Waals surface area contributed by atoms with Crippen LogP contribution in [0.5, 0.6) is 0 Å². The number of halogens is 1. The Labute approximate surface area is 103 Å². The van der Waals surface area contributed by atoms with Crippen molar-refractivity contribution in [3.05, 3.63) is 28.5 Å². The minimum atomic E-state index is 0.785. The minimum absolute atomic E-state index is 0.785. The fourth-order valence-electron chi connectivity index (χ4n) is 1.64. The van der Waals surface area contributed by atoms with E-state index in [1.54, 1.807) is 0 Å². The first-order chi connectivity index (χ1) is 7.79. The van der Waals surface area contributed by atoms with Gasteiger partial charge in [0.25, 0.3) is 0 Å². The fraction of sp³-hybridized carbons (Fsp3) is 0.417. The number of aromatic amines is 1. The second-order valence-corrected chi connectivity index (χ2v) is 4.56. The lowest BCUT2D eigenvalue weighted by molar-refractivity contribution is 0.145. The van der Waals surface area contributed by atoms with Gasteiger partial charge in [-0.1, -0.05) is 15.9 Å². The van der Waals surface area contributed by atoms with Crippen LogP contribution in [0.3, 0.4) is 0 Å². The highest BCUT2D eigenvalue weighted by atomic mass is 79.9. The van der Waals surface area contributed by atoms with Gasteiger partial charge in [0.2, 0.25) is 0 Å². The number of nitrogens with zero attached hydrogens (tertiary/aromatic N) is 1. The number of aromatic nitrogens is 2. The number of hydrogen-bond donors (Lipinski definition) is 1. The molecule has 1 aromatic heterocycles. The molecule has 0 bridgehead atoms. The molecule has 86 valence electrons. The summed E-state index contributed by atoms with van der Waals surface area (Å²) < 4.78 is 6.37. The Morgan fingerprint density at radius 2 is 2.31 bits per heavy atom. The molecule has 2 aromatic rings. The third-order valence-electron chi connectivity index (χ3n) is 2.40. The van der Waals surface area contributed by atoms with E-state index in [2.05, 4.69) is 25.9 Å². The number of H-pyrrole nitrogens is 1. The van der Waals surface area contributed by atoms with Crippen LogP contribution in [0.4, 0.5) is 0 Å². The normalized spacial score (nSPS) is 11.1. The zero-order valence-corrected chi connectivity index (χ0v) is 10.9. The summed E-state index contributed by atoms with van der Waals surface area (Å²) in [6, 6.07) is 6.07. The first-order valence-electron chi connectivity index (χ1n) is 5.51. The summed E-state index contributed by atoms with van der Waals surface area (Å²) in [6.45, 7) is 3.60. The van der Waals surface area contributed by atoms with Crippen LogP contribution >= 0.6 is 15.9 Å². The molecule has 0 radical (unpaired) electrons. The fourth-order valence-corrected chi connectivity index (χ4v) is 2.00. The molecule has 1 heterocycles. The van der Waals surface area contributed by atoms with Crippen molar-refractivity contribution in [1.82, 2.24) is 9.97 Å². The van der Waals surface area contributed by atoms with Crippen molar-refractivity contribution in [2.24, 2.45) is 0 Å². The molecule has 0 atom stereocenters. The van der Waals surface area contributed by atoms with Crippen LogP contribution in [-0.4, -0.2) is 23.2 Å². The maximum absolute atomic E-state index is 5.30. The molecule has 0 saturated heterocycles. The Balaban J connectivity index is 2.02. The number of aryl methyl sites for hydroxylation is 1. The van der Waals surface area contributed by atoms with Gasteiger partial charge in [0.1, 0.15) is 5.82 Å². The molecule has 1 N–H and O–H groups in total. The highest BCUT2D eigenvalue weighted by Crippen LogP contribution is 2.18. The second-order valence-electron chi connectivity index (χ2n) is 3.65. The molecule has 0 aliphatic carbocycles. The largest absolute Gasteiger partial charge is 0.382 e. The number of rotatable bonds is 5. The van der Waals surface area contributed by atoms with Crippen molar-refractivity contribution in [2.45, 2.75) is 19.8 Å². The first-order valence-corrected chi connectivity index (χ1v) is 6.31. The summed E-state index contributed by atoms with van der Waals surface area (Å²) in [4.78, 5) is 7.84. The number of fused-ring (bicyclic) bond motifs is 1. The van der Waals surface area contributed by atoms with Crippen LogP contribution in [0.15, 0.2) is 22.7 Å². The molecule has 4 heteroatoms. The Bertz CT molecular complexity index is 467.